The minimum atomic E-state index is -0.519. The van der Waals surface area contributed by atoms with E-state index >= 15 is 0 Å². The van der Waals surface area contributed by atoms with E-state index in [4.69, 9.17) is 5.73 Å². The molecule has 1 aliphatic rings. The predicted octanol–water partition coefficient (Wildman–Crippen LogP) is 0.930. The molecular formula is C15H22N2O2. The smallest absolute Gasteiger partial charge is 0.240 e. The molecule has 2 unspecified atom stereocenters. The number of nitrogens with zero attached hydrogens (tertiary/aromatic N) is 1. The molecule has 0 spiro atoms. The third kappa shape index (κ3) is 3.55. The molecule has 2 atom stereocenters. The predicted molar refractivity (Wildman–Crippen MR) is 74.6 cm³/mol. The van der Waals surface area contributed by atoms with E-state index < -0.39 is 6.04 Å². The van der Waals surface area contributed by atoms with Crippen LogP contribution in [0.4, 0.5) is 0 Å². The molecule has 0 aliphatic carbocycles. The summed E-state index contributed by atoms with van der Waals surface area (Å²) in [5.41, 5.74) is 7.09. The van der Waals surface area contributed by atoms with Gasteiger partial charge in [-0.25, -0.2) is 0 Å². The molecule has 0 aromatic heterocycles. The van der Waals surface area contributed by atoms with Gasteiger partial charge in [0.05, 0.1) is 18.7 Å². The minimum absolute atomic E-state index is 0.0315. The fourth-order valence-electron chi connectivity index (χ4n) is 2.65. The number of hydrogen-bond acceptors (Lipinski definition) is 3. The summed E-state index contributed by atoms with van der Waals surface area (Å²) < 4.78 is 0. The maximum atomic E-state index is 12.4. The van der Waals surface area contributed by atoms with E-state index in [9.17, 15) is 9.90 Å². The van der Waals surface area contributed by atoms with Gasteiger partial charge < -0.3 is 15.7 Å². The maximum Gasteiger partial charge on any atom is 0.240 e. The van der Waals surface area contributed by atoms with Gasteiger partial charge in [-0.3, -0.25) is 4.79 Å². The van der Waals surface area contributed by atoms with Crippen molar-refractivity contribution in [3.8, 4) is 0 Å². The largest absolute Gasteiger partial charge is 0.394 e. The van der Waals surface area contributed by atoms with Crippen molar-refractivity contribution in [3.63, 3.8) is 0 Å². The summed E-state index contributed by atoms with van der Waals surface area (Å²) in [6.07, 6.45) is 3.50. The first-order chi connectivity index (χ1) is 9.22. The summed E-state index contributed by atoms with van der Waals surface area (Å²) in [5, 5.41) is 9.35. The van der Waals surface area contributed by atoms with Crippen molar-refractivity contribution in [1.82, 2.24) is 4.90 Å². The molecule has 1 amide bonds. The zero-order valence-electron chi connectivity index (χ0n) is 11.2. The van der Waals surface area contributed by atoms with Gasteiger partial charge in [-0.2, -0.15) is 0 Å². The van der Waals surface area contributed by atoms with E-state index in [-0.39, 0.29) is 18.6 Å². The van der Waals surface area contributed by atoms with E-state index in [0.717, 1.165) is 24.8 Å². The van der Waals surface area contributed by atoms with Crippen molar-refractivity contribution in [2.75, 3.05) is 13.2 Å². The van der Waals surface area contributed by atoms with E-state index in [0.29, 0.717) is 13.0 Å². The second kappa shape index (κ2) is 6.68. The van der Waals surface area contributed by atoms with Crippen LogP contribution in [0.15, 0.2) is 30.3 Å². The lowest BCUT2D eigenvalue weighted by atomic mass is 9.99. The Labute approximate surface area is 114 Å². The van der Waals surface area contributed by atoms with Crippen LogP contribution in [-0.4, -0.2) is 41.1 Å². The van der Waals surface area contributed by atoms with Crippen LogP contribution in [0.3, 0.4) is 0 Å². The fourth-order valence-corrected chi connectivity index (χ4v) is 2.65. The molecule has 104 valence electrons. The molecule has 19 heavy (non-hydrogen) atoms. The summed E-state index contributed by atoms with van der Waals surface area (Å²) in [7, 11) is 0. The Bertz CT molecular complexity index is 408. The normalized spacial score (nSPS) is 21.2. The zero-order valence-corrected chi connectivity index (χ0v) is 11.2. The van der Waals surface area contributed by atoms with Crippen molar-refractivity contribution in [2.45, 2.75) is 37.8 Å². The van der Waals surface area contributed by atoms with Crippen molar-refractivity contribution >= 4 is 5.91 Å². The molecule has 1 aliphatic heterocycles. The molecule has 4 heteroatoms. The Morgan fingerprint density at radius 2 is 2.11 bits per heavy atom. The number of carbonyl (C=O) groups excluding carboxylic acids is 1. The van der Waals surface area contributed by atoms with Gasteiger partial charge in [0.15, 0.2) is 0 Å². The van der Waals surface area contributed by atoms with Crippen LogP contribution in [0.1, 0.15) is 24.8 Å². The number of aliphatic hydroxyl groups excluding tert-OH is 1. The van der Waals surface area contributed by atoms with Crippen LogP contribution < -0.4 is 5.73 Å². The van der Waals surface area contributed by atoms with E-state index in [1.165, 1.54) is 0 Å². The summed E-state index contributed by atoms with van der Waals surface area (Å²) in [4.78, 5) is 14.1. The number of carbonyl (C=O) groups is 1. The number of benzene rings is 1. The third-order valence-corrected chi connectivity index (χ3v) is 3.74. The number of amides is 1. The molecular weight excluding hydrogens is 240 g/mol. The summed E-state index contributed by atoms with van der Waals surface area (Å²) in [6.45, 7) is 0.746. The van der Waals surface area contributed by atoms with Gasteiger partial charge in [0.2, 0.25) is 5.91 Å². The van der Waals surface area contributed by atoms with Gasteiger partial charge in [-0.1, -0.05) is 30.3 Å². The third-order valence-electron chi connectivity index (χ3n) is 3.74. The monoisotopic (exact) mass is 262 g/mol. The van der Waals surface area contributed by atoms with Gasteiger partial charge in [-0.05, 0) is 31.2 Å². The number of hydrogen-bond donors (Lipinski definition) is 2. The quantitative estimate of drug-likeness (QED) is 0.848. The SMILES string of the molecule is NC(Cc1ccccc1)C(=O)N1CCCCC1CO. The molecule has 1 fully saturated rings. The molecule has 0 bridgehead atoms. The molecule has 1 aromatic carbocycles. The van der Waals surface area contributed by atoms with Crippen LogP contribution in [0.5, 0.6) is 0 Å². The summed E-state index contributed by atoms with van der Waals surface area (Å²) in [6, 6.07) is 9.23. The van der Waals surface area contributed by atoms with Crippen LogP contribution in [0.2, 0.25) is 0 Å². The highest BCUT2D eigenvalue weighted by Crippen LogP contribution is 2.18. The lowest BCUT2D eigenvalue weighted by Gasteiger charge is -2.36. The minimum Gasteiger partial charge on any atom is -0.394 e. The second-order valence-electron chi connectivity index (χ2n) is 5.16. The first kappa shape index (κ1) is 14.0. The molecule has 0 radical (unpaired) electrons. The van der Waals surface area contributed by atoms with Crippen LogP contribution in [-0.2, 0) is 11.2 Å². The summed E-state index contributed by atoms with van der Waals surface area (Å²) in [5.74, 6) is -0.0393. The zero-order chi connectivity index (χ0) is 13.7. The Morgan fingerprint density at radius 1 is 1.37 bits per heavy atom. The highest BCUT2D eigenvalue weighted by Gasteiger charge is 2.29. The molecule has 2 rings (SSSR count). The first-order valence-corrected chi connectivity index (χ1v) is 6.93. The number of piperidine rings is 1. The van der Waals surface area contributed by atoms with Gasteiger partial charge in [0.1, 0.15) is 0 Å². The molecule has 1 heterocycles. The molecule has 3 N–H and O–H groups in total. The fraction of sp³-hybridized carbons (Fsp3) is 0.533. The number of likely N-dealkylation sites (tertiary alicyclic amines) is 1. The number of rotatable bonds is 4. The average Bonchev–Trinajstić information content (AvgIpc) is 2.47. The van der Waals surface area contributed by atoms with Crippen molar-refractivity contribution < 1.29 is 9.90 Å². The van der Waals surface area contributed by atoms with Gasteiger partial charge in [0.25, 0.3) is 0 Å². The molecule has 1 aromatic rings. The highest BCUT2D eigenvalue weighted by molar-refractivity contribution is 5.82. The Hall–Kier alpha value is -1.39. The molecule has 1 saturated heterocycles. The maximum absolute atomic E-state index is 12.4. The Balaban J connectivity index is 1.98. The molecule has 0 saturated carbocycles. The van der Waals surface area contributed by atoms with Gasteiger partial charge in [0, 0.05) is 6.54 Å². The summed E-state index contributed by atoms with van der Waals surface area (Å²) >= 11 is 0. The van der Waals surface area contributed by atoms with Crippen molar-refractivity contribution in [1.29, 1.82) is 0 Å². The Kier molecular flexibility index (Phi) is 4.93. The average molecular weight is 262 g/mol. The first-order valence-electron chi connectivity index (χ1n) is 6.93. The topological polar surface area (TPSA) is 66.6 Å². The number of aliphatic hydroxyl groups is 1. The molecule has 4 nitrogen and oxygen atoms in total. The van der Waals surface area contributed by atoms with Crippen LogP contribution in [0.25, 0.3) is 0 Å². The van der Waals surface area contributed by atoms with Gasteiger partial charge >= 0.3 is 0 Å². The van der Waals surface area contributed by atoms with E-state index in [2.05, 4.69) is 0 Å². The van der Waals surface area contributed by atoms with E-state index in [1.807, 2.05) is 30.3 Å². The standard InChI is InChI=1S/C15H22N2O2/c16-14(10-12-6-2-1-3-7-12)15(19)17-9-5-4-8-13(17)11-18/h1-3,6-7,13-14,18H,4-5,8-11,16H2. The van der Waals surface area contributed by atoms with Crippen molar-refractivity contribution in [2.24, 2.45) is 5.73 Å². The van der Waals surface area contributed by atoms with Crippen LogP contribution in [0, 0.1) is 0 Å². The second-order valence-corrected chi connectivity index (χ2v) is 5.16. The van der Waals surface area contributed by atoms with Crippen molar-refractivity contribution in [3.05, 3.63) is 35.9 Å². The van der Waals surface area contributed by atoms with Gasteiger partial charge in [-0.15, -0.1) is 0 Å². The van der Waals surface area contributed by atoms with Crippen LogP contribution >= 0.6 is 0 Å². The Morgan fingerprint density at radius 3 is 2.79 bits per heavy atom. The number of nitrogens with two attached hydrogens (primary N) is 1. The highest BCUT2D eigenvalue weighted by atomic mass is 16.3. The lowest BCUT2D eigenvalue weighted by molar-refractivity contribution is -0.137. The van der Waals surface area contributed by atoms with E-state index in [1.54, 1.807) is 4.90 Å². The lowest BCUT2D eigenvalue weighted by Crippen LogP contribution is -2.52.